The highest BCUT2D eigenvalue weighted by Crippen LogP contribution is 2.35. The van der Waals surface area contributed by atoms with E-state index in [0.717, 1.165) is 16.7 Å². The summed E-state index contributed by atoms with van der Waals surface area (Å²) in [6.07, 6.45) is 0.932. The highest BCUT2D eigenvalue weighted by Gasteiger charge is 2.38. The Hall–Kier alpha value is -3.59. The molecule has 0 spiro atoms. The molecule has 0 radical (unpaired) electrons. The third kappa shape index (κ3) is 5.66. The molecular formula is C25H30N2O7. The predicted octanol–water partition coefficient (Wildman–Crippen LogP) is 2.11. The molecule has 0 fully saturated rings. The minimum atomic E-state index is -1.13. The number of amides is 1. The number of methoxy groups -OCH3 is 2. The molecule has 9 heteroatoms. The van der Waals surface area contributed by atoms with Gasteiger partial charge in [-0.3, -0.25) is 14.9 Å². The lowest BCUT2D eigenvalue weighted by Gasteiger charge is -2.37. The molecule has 2 aromatic carbocycles. The summed E-state index contributed by atoms with van der Waals surface area (Å²) in [6.45, 7) is 1.63. The number of hydrogen-bond donors (Lipinski definition) is 3. The van der Waals surface area contributed by atoms with Gasteiger partial charge in [0.25, 0.3) is 0 Å². The average Bonchev–Trinajstić information content (AvgIpc) is 2.84. The fourth-order valence-electron chi connectivity index (χ4n) is 4.22. The second-order valence-electron chi connectivity index (χ2n) is 8.30. The van der Waals surface area contributed by atoms with E-state index in [1.165, 1.54) is 19.1 Å². The van der Waals surface area contributed by atoms with E-state index >= 15 is 0 Å². The Morgan fingerprint density at radius 1 is 1.06 bits per heavy atom. The molecule has 0 saturated heterocycles. The molecule has 9 nitrogen and oxygen atoms in total. The van der Waals surface area contributed by atoms with Gasteiger partial charge in [0.1, 0.15) is 12.1 Å². The van der Waals surface area contributed by atoms with Gasteiger partial charge in [-0.25, -0.2) is 4.79 Å². The number of fused-ring (bicyclic) bond motifs is 1. The van der Waals surface area contributed by atoms with Gasteiger partial charge in [-0.2, -0.15) is 0 Å². The molecule has 1 heterocycles. The Balaban J connectivity index is 1.76. The van der Waals surface area contributed by atoms with Crippen LogP contribution in [0, 0.1) is 0 Å². The number of nitrogens with zero attached hydrogens (tertiary/aromatic N) is 1. The number of carbonyl (C=O) groups excluding carboxylic acids is 1. The predicted molar refractivity (Wildman–Crippen MR) is 124 cm³/mol. The van der Waals surface area contributed by atoms with Gasteiger partial charge < -0.3 is 24.6 Å². The van der Waals surface area contributed by atoms with Crippen LogP contribution in [0.15, 0.2) is 42.5 Å². The zero-order valence-electron chi connectivity index (χ0n) is 19.5. The number of rotatable bonds is 10. The highest BCUT2D eigenvalue weighted by molar-refractivity contribution is 5.88. The molecule has 3 rings (SSSR count). The third-order valence-electron chi connectivity index (χ3n) is 6.09. The van der Waals surface area contributed by atoms with Gasteiger partial charge >= 0.3 is 11.9 Å². The van der Waals surface area contributed by atoms with Crippen molar-refractivity contribution in [1.29, 1.82) is 0 Å². The van der Waals surface area contributed by atoms with Crippen LogP contribution >= 0.6 is 0 Å². The summed E-state index contributed by atoms with van der Waals surface area (Å²) in [7, 11) is 3.01. The fourth-order valence-corrected chi connectivity index (χ4v) is 4.22. The Bertz CT molecular complexity index is 1040. The molecule has 2 aromatic rings. The van der Waals surface area contributed by atoms with Crippen molar-refractivity contribution in [2.75, 3.05) is 14.2 Å². The number of hydrogen-bond acceptors (Lipinski definition) is 6. The van der Waals surface area contributed by atoms with Crippen LogP contribution < -0.4 is 14.8 Å². The molecule has 1 amide bonds. The van der Waals surface area contributed by atoms with Crippen LogP contribution in [-0.4, -0.2) is 65.3 Å². The van der Waals surface area contributed by atoms with E-state index in [-0.39, 0.29) is 13.0 Å². The molecule has 0 saturated carbocycles. The van der Waals surface area contributed by atoms with Crippen molar-refractivity contribution in [2.24, 2.45) is 0 Å². The van der Waals surface area contributed by atoms with Gasteiger partial charge in [-0.05, 0) is 48.6 Å². The van der Waals surface area contributed by atoms with E-state index in [9.17, 15) is 24.6 Å². The third-order valence-corrected chi connectivity index (χ3v) is 6.09. The topological polar surface area (TPSA) is 125 Å². The maximum Gasteiger partial charge on any atom is 0.326 e. The van der Waals surface area contributed by atoms with E-state index in [4.69, 9.17) is 9.47 Å². The number of ether oxygens (including phenoxy) is 2. The molecule has 1 unspecified atom stereocenters. The maximum absolute atomic E-state index is 13.3. The van der Waals surface area contributed by atoms with Gasteiger partial charge in [0.15, 0.2) is 11.5 Å². The van der Waals surface area contributed by atoms with Crippen molar-refractivity contribution in [3.63, 3.8) is 0 Å². The Labute approximate surface area is 198 Å². The van der Waals surface area contributed by atoms with Crippen LogP contribution in [0.2, 0.25) is 0 Å². The van der Waals surface area contributed by atoms with Gasteiger partial charge in [0.05, 0.1) is 20.3 Å². The van der Waals surface area contributed by atoms with Crippen LogP contribution in [0.4, 0.5) is 0 Å². The van der Waals surface area contributed by atoms with Crippen molar-refractivity contribution in [3.05, 3.63) is 59.2 Å². The zero-order chi connectivity index (χ0) is 24.8. The lowest BCUT2D eigenvalue weighted by molar-refractivity contribution is -0.152. The molecule has 3 atom stereocenters. The van der Waals surface area contributed by atoms with E-state index in [2.05, 4.69) is 5.32 Å². The minimum Gasteiger partial charge on any atom is -0.493 e. The summed E-state index contributed by atoms with van der Waals surface area (Å²) < 4.78 is 10.7. The Kier molecular flexibility index (Phi) is 8.12. The number of carbonyl (C=O) groups is 3. The number of carboxylic acid groups (broad SMARTS) is 2. The quantitative estimate of drug-likeness (QED) is 0.482. The van der Waals surface area contributed by atoms with E-state index in [1.54, 1.807) is 19.1 Å². The standard InChI is InChI=1S/C25H30N2O7/c1-15(26-19(24(29)30)10-9-16-7-5-4-6-8-16)23(28)27-14-18-13-22(34-3)21(33-2)12-17(18)11-20(27)25(31)32/h4-8,12-13,15,19-20,26H,9-11,14H2,1-3H3,(H,29,30)(H,31,32)/t15-,19-,20?/m0/s1. The van der Waals surface area contributed by atoms with Gasteiger partial charge in [-0.1, -0.05) is 30.3 Å². The molecule has 3 N–H and O–H groups in total. The van der Waals surface area contributed by atoms with Crippen molar-refractivity contribution in [2.45, 2.75) is 50.9 Å². The Morgan fingerprint density at radius 3 is 2.24 bits per heavy atom. The number of aliphatic carboxylic acids is 2. The SMILES string of the molecule is COc1cc2c(cc1OC)CN(C(=O)[C@H](C)N[C@@H](CCc1ccccc1)C(=O)O)C(C(=O)O)C2. The summed E-state index contributed by atoms with van der Waals surface area (Å²) in [5.74, 6) is -1.69. The highest BCUT2D eigenvalue weighted by atomic mass is 16.5. The van der Waals surface area contributed by atoms with Crippen molar-refractivity contribution in [3.8, 4) is 11.5 Å². The van der Waals surface area contributed by atoms with Crippen molar-refractivity contribution >= 4 is 17.8 Å². The summed E-state index contributed by atoms with van der Waals surface area (Å²) in [5, 5.41) is 22.4. The molecule has 0 aliphatic carbocycles. The molecule has 1 aliphatic heterocycles. The smallest absolute Gasteiger partial charge is 0.326 e. The lowest BCUT2D eigenvalue weighted by atomic mass is 9.92. The first-order valence-electron chi connectivity index (χ1n) is 11.0. The fraction of sp³-hybridized carbons (Fsp3) is 0.400. The van der Waals surface area contributed by atoms with Crippen LogP contribution in [0.25, 0.3) is 0 Å². The number of nitrogens with one attached hydrogen (secondary N) is 1. The summed E-state index contributed by atoms with van der Waals surface area (Å²) >= 11 is 0. The molecule has 0 aromatic heterocycles. The monoisotopic (exact) mass is 470 g/mol. The van der Waals surface area contributed by atoms with Crippen molar-refractivity contribution < 1.29 is 34.1 Å². The number of carboxylic acids is 2. The Morgan fingerprint density at radius 2 is 1.68 bits per heavy atom. The van der Waals surface area contributed by atoms with Crippen molar-refractivity contribution in [1.82, 2.24) is 10.2 Å². The van der Waals surface area contributed by atoms with Gasteiger partial charge in [0, 0.05) is 13.0 Å². The van der Waals surface area contributed by atoms with E-state index in [0.29, 0.717) is 24.3 Å². The first-order chi connectivity index (χ1) is 16.2. The number of aryl methyl sites for hydroxylation is 1. The van der Waals surface area contributed by atoms with Gasteiger partial charge in [-0.15, -0.1) is 0 Å². The molecule has 34 heavy (non-hydrogen) atoms. The summed E-state index contributed by atoms with van der Waals surface area (Å²) in [5.41, 5.74) is 2.52. The second kappa shape index (κ2) is 11.0. The largest absolute Gasteiger partial charge is 0.493 e. The van der Waals surface area contributed by atoms with Gasteiger partial charge in [0.2, 0.25) is 5.91 Å². The molecule has 1 aliphatic rings. The zero-order valence-corrected chi connectivity index (χ0v) is 19.5. The summed E-state index contributed by atoms with van der Waals surface area (Å²) in [6, 6.07) is 10.0. The normalized spacial score (nSPS) is 16.8. The molecule has 182 valence electrons. The minimum absolute atomic E-state index is 0.0687. The second-order valence-corrected chi connectivity index (χ2v) is 8.30. The lowest BCUT2D eigenvalue weighted by Crippen LogP contribution is -2.56. The maximum atomic E-state index is 13.3. The molecular weight excluding hydrogens is 440 g/mol. The first kappa shape index (κ1) is 25.0. The van der Waals surface area contributed by atoms with Crippen LogP contribution in [0.1, 0.15) is 30.0 Å². The first-order valence-corrected chi connectivity index (χ1v) is 11.0. The molecule has 0 bridgehead atoms. The summed E-state index contributed by atoms with van der Waals surface area (Å²) in [4.78, 5) is 38.4. The number of benzene rings is 2. The van der Waals surface area contributed by atoms with E-state index in [1.807, 2.05) is 30.3 Å². The van der Waals surface area contributed by atoms with Crippen LogP contribution in [-0.2, 0) is 33.8 Å². The average molecular weight is 471 g/mol. The van der Waals surface area contributed by atoms with Crippen LogP contribution in [0.3, 0.4) is 0 Å². The van der Waals surface area contributed by atoms with Crippen LogP contribution in [0.5, 0.6) is 11.5 Å². The van der Waals surface area contributed by atoms with E-state index < -0.39 is 36.0 Å².